The fourth-order valence-corrected chi connectivity index (χ4v) is 2.89. The largest absolute Gasteiger partial charge is 0.454 e. The lowest BCUT2D eigenvalue weighted by Crippen LogP contribution is -2.31. The molecule has 1 aliphatic carbocycles. The van der Waals surface area contributed by atoms with E-state index in [9.17, 15) is 13.6 Å². The van der Waals surface area contributed by atoms with Crippen molar-refractivity contribution in [2.45, 2.75) is 25.4 Å². The number of fused-ring (bicyclic) bond motifs is 1. The lowest BCUT2D eigenvalue weighted by atomic mass is 10.1. The summed E-state index contributed by atoms with van der Waals surface area (Å²) in [5.41, 5.74) is 1.12. The number of hydrogen-bond acceptors (Lipinski definition) is 3. The molecule has 1 aliphatic heterocycles. The molecule has 2 aromatic rings. The number of carbonyl (C=O) groups is 1. The SMILES string of the molecule is O=C(/C=C/c1ccc2c(c1)OCO2)N(Cc1ccc(F)cc1F)C1CC1. The van der Waals surface area contributed by atoms with Crippen LogP contribution in [0, 0.1) is 11.6 Å². The molecule has 1 amide bonds. The number of rotatable bonds is 5. The second-order valence-electron chi connectivity index (χ2n) is 6.38. The lowest BCUT2D eigenvalue weighted by molar-refractivity contribution is -0.127. The lowest BCUT2D eigenvalue weighted by Gasteiger charge is -2.21. The number of halogens is 2. The summed E-state index contributed by atoms with van der Waals surface area (Å²) in [5, 5.41) is 0. The van der Waals surface area contributed by atoms with Gasteiger partial charge in [0.2, 0.25) is 12.7 Å². The van der Waals surface area contributed by atoms with Gasteiger partial charge in [0, 0.05) is 30.3 Å². The van der Waals surface area contributed by atoms with Crippen LogP contribution in [0.25, 0.3) is 6.08 Å². The monoisotopic (exact) mass is 357 g/mol. The van der Waals surface area contributed by atoms with Crippen LogP contribution >= 0.6 is 0 Å². The molecule has 0 aromatic heterocycles. The van der Waals surface area contributed by atoms with E-state index in [1.54, 1.807) is 23.1 Å². The molecule has 0 N–H and O–H groups in total. The first-order valence-corrected chi connectivity index (χ1v) is 8.42. The van der Waals surface area contributed by atoms with Gasteiger partial charge in [-0.2, -0.15) is 0 Å². The third kappa shape index (κ3) is 3.54. The average molecular weight is 357 g/mol. The molecule has 0 bridgehead atoms. The Morgan fingerprint density at radius 3 is 2.69 bits per heavy atom. The van der Waals surface area contributed by atoms with Crippen LogP contribution in [0.5, 0.6) is 11.5 Å². The quantitative estimate of drug-likeness (QED) is 0.762. The van der Waals surface area contributed by atoms with Gasteiger partial charge in [-0.25, -0.2) is 8.78 Å². The number of ether oxygens (including phenoxy) is 2. The first-order valence-electron chi connectivity index (χ1n) is 8.42. The number of amides is 1. The normalized spacial score (nSPS) is 15.5. The standard InChI is InChI=1S/C20H17F2NO3/c21-15-4-3-14(17(22)10-15)11-23(16-5-6-16)20(24)8-2-13-1-7-18-19(9-13)26-12-25-18/h1-4,7-10,16H,5-6,11-12H2/b8-2+. The van der Waals surface area contributed by atoms with Crippen molar-refractivity contribution >= 4 is 12.0 Å². The summed E-state index contributed by atoms with van der Waals surface area (Å²) in [4.78, 5) is 14.2. The molecule has 0 spiro atoms. The summed E-state index contributed by atoms with van der Waals surface area (Å²) in [6.07, 6.45) is 4.96. The smallest absolute Gasteiger partial charge is 0.247 e. The van der Waals surface area contributed by atoms with Gasteiger partial charge in [0.15, 0.2) is 11.5 Å². The van der Waals surface area contributed by atoms with Gasteiger partial charge >= 0.3 is 0 Å². The molecule has 134 valence electrons. The van der Waals surface area contributed by atoms with Crippen molar-refractivity contribution < 1.29 is 23.0 Å². The van der Waals surface area contributed by atoms with Crippen molar-refractivity contribution in [1.82, 2.24) is 4.90 Å². The highest BCUT2D eigenvalue weighted by Crippen LogP contribution is 2.33. The number of nitrogens with zero attached hydrogens (tertiary/aromatic N) is 1. The van der Waals surface area contributed by atoms with E-state index in [2.05, 4.69) is 0 Å². The number of hydrogen-bond donors (Lipinski definition) is 0. The van der Waals surface area contributed by atoms with Gasteiger partial charge in [-0.1, -0.05) is 12.1 Å². The molecule has 2 aliphatic rings. The molecule has 4 nitrogen and oxygen atoms in total. The molecular weight excluding hydrogens is 340 g/mol. The molecule has 6 heteroatoms. The zero-order valence-electron chi connectivity index (χ0n) is 14.0. The molecule has 0 atom stereocenters. The molecule has 1 saturated carbocycles. The van der Waals surface area contributed by atoms with E-state index in [4.69, 9.17) is 9.47 Å². The van der Waals surface area contributed by atoms with Crippen molar-refractivity contribution in [3.05, 3.63) is 65.2 Å². The van der Waals surface area contributed by atoms with Crippen LogP contribution in [0.2, 0.25) is 0 Å². The summed E-state index contributed by atoms with van der Waals surface area (Å²) >= 11 is 0. The Kier molecular flexibility index (Phi) is 4.32. The van der Waals surface area contributed by atoms with Crippen molar-refractivity contribution in [3.63, 3.8) is 0 Å². The zero-order valence-corrected chi connectivity index (χ0v) is 14.0. The fraction of sp³-hybridized carbons (Fsp3) is 0.250. The molecular formula is C20H17F2NO3. The Balaban J connectivity index is 1.49. The van der Waals surface area contributed by atoms with E-state index < -0.39 is 11.6 Å². The van der Waals surface area contributed by atoms with Crippen molar-refractivity contribution in [1.29, 1.82) is 0 Å². The molecule has 0 radical (unpaired) electrons. The third-order valence-electron chi connectivity index (χ3n) is 4.44. The van der Waals surface area contributed by atoms with E-state index in [1.165, 1.54) is 18.2 Å². The highest BCUT2D eigenvalue weighted by molar-refractivity contribution is 5.92. The zero-order chi connectivity index (χ0) is 18.1. The summed E-state index contributed by atoms with van der Waals surface area (Å²) in [6.45, 7) is 0.321. The topological polar surface area (TPSA) is 38.8 Å². The van der Waals surface area contributed by atoms with Crippen molar-refractivity contribution in [3.8, 4) is 11.5 Å². The molecule has 0 saturated heterocycles. The fourth-order valence-electron chi connectivity index (χ4n) is 2.89. The summed E-state index contributed by atoms with van der Waals surface area (Å²) in [7, 11) is 0. The van der Waals surface area contributed by atoms with Crippen molar-refractivity contribution in [2.24, 2.45) is 0 Å². The Hall–Kier alpha value is -2.89. The minimum absolute atomic E-state index is 0.105. The van der Waals surface area contributed by atoms with Gasteiger partial charge in [-0.3, -0.25) is 4.79 Å². The van der Waals surface area contributed by atoms with E-state index >= 15 is 0 Å². The Morgan fingerprint density at radius 2 is 1.92 bits per heavy atom. The number of carbonyl (C=O) groups excluding carboxylic acids is 1. The molecule has 26 heavy (non-hydrogen) atoms. The van der Waals surface area contributed by atoms with Crippen LogP contribution in [-0.4, -0.2) is 23.6 Å². The van der Waals surface area contributed by atoms with E-state index in [-0.39, 0.29) is 25.3 Å². The van der Waals surface area contributed by atoms with E-state index in [0.29, 0.717) is 17.1 Å². The van der Waals surface area contributed by atoms with Crippen LogP contribution in [-0.2, 0) is 11.3 Å². The second-order valence-corrected chi connectivity index (χ2v) is 6.38. The molecule has 4 rings (SSSR count). The van der Waals surface area contributed by atoms with Gasteiger partial charge in [-0.15, -0.1) is 0 Å². The minimum atomic E-state index is -0.636. The van der Waals surface area contributed by atoms with Crippen LogP contribution in [0.15, 0.2) is 42.5 Å². The molecule has 0 unspecified atom stereocenters. The summed E-state index contributed by atoms with van der Waals surface area (Å²) in [5.74, 6) is -0.137. The Labute approximate surface area is 149 Å². The van der Waals surface area contributed by atoms with Crippen LogP contribution in [0.3, 0.4) is 0 Å². The van der Waals surface area contributed by atoms with Crippen molar-refractivity contribution in [2.75, 3.05) is 6.79 Å². The highest BCUT2D eigenvalue weighted by Gasteiger charge is 2.32. The number of benzene rings is 2. The minimum Gasteiger partial charge on any atom is -0.454 e. The van der Waals surface area contributed by atoms with E-state index in [1.807, 2.05) is 6.07 Å². The average Bonchev–Trinajstić information content (AvgIpc) is 3.35. The van der Waals surface area contributed by atoms with Crippen LogP contribution in [0.1, 0.15) is 24.0 Å². The predicted octanol–water partition coefficient (Wildman–Crippen LogP) is 3.90. The molecule has 1 heterocycles. The maximum atomic E-state index is 13.9. The first-order chi connectivity index (χ1) is 12.6. The van der Waals surface area contributed by atoms with Gasteiger partial charge in [0.05, 0.1) is 0 Å². The first kappa shape index (κ1) is 16.6. The van der Waals surface area contributed by atoms with Gasteiger partial charge < -0.3 is 14.4 Å². The maximum Gasteiger partial charge on any atom is 0.247 e. The summed E-state index contributed by atoms with van der Waals surface area (Å²) < 4.78 is 37.6. The predicted molar refractivity (Wildman–Crippen MR) is 91.5 cm³/mol. The van der Waals surface area contributed by atoms with Gasteiger partial charge in [0.1, 0.15) is 11.6 Å². The van der Waals surface area contributed by atoms with Gasteiger partial charge in [0.25, 0.3) is 0 Å². The second kappa shape index (κ2) is 6.78. The van der Waals surface area contributed by atoms with Gasteiger partial charge in [-0.05, 0) is 42.7 Å². The Morgan fingerprint density at radius 1 is 1.12 bits per heavy atom. The van der Waals surface area contributed by atoms with Crippen LogP contribution < -0.4 is 9.47 Å². The molecule has 1 fully saturated rings. The third-order valence-corrected chi connectivity index (χ3v) is 4.44. The Bertz CT molecular complexity index is 877. The summed E-state index contributed by atoms with van der Waals surface area (Å²) in [6, 6.07) is 8.96. The molecule has 2 aromatic carbocycles. The maximum absolute atomic E-state index is 13.9. The van der Waals surface area contributed by atoms with E-state index in [0.717, 1.165) is 24.5 Å². The van der Waals surface area contributed by atoms with Crippen LogP contribution in [0.4, 0.5) is 8.78 Å². The highest BCUT2D eigenvalue weighted by atomic mass is 19.1.